The Morgan fingerprint density at radius 2 is 1.97 bits per heavy atom. The second-order valence-corrected chi connectivity index (χ2v) is 9.64. The van der Waals surface area contributed by atoms with Crippen molar-refractivity contribution in [1.29, 1.82) is 0 Å². The van der Waals surface area contributed by atoms with Crippen LogP contribution in [-0.4, -0.2) is 46.0 Å². The fourth-order valence-electron chi connectivity index (χ4n) is 3.87. The zero-order valence-electron chi connectivity index (χ0n) is 17.5. The van der Waals surface area contributed by atoms with Crippen molar-refractivity contribution in [2.75, 3.05) is 11.9 Å². The molecule has 1 atom stereocenters. The molecule has 1 amide bonds. The van der Waals surface area contributed by atoms with Gasteiger partial charge in [-0.1, -0.05) is 24.6 Å². The molecule has 1 aliphatic heterocycles. The van der Waals surface area contributed by atoms with Crippen molar-refractivity contribution in [3.05, 3.63) is 66.2 Å². The molecular weight excluding hydrogens is 414 g/mol. The van der Waals surface area contributed by atoms with Gasteiger partial charge in [-0.15, -0.1) is 0 Å². The second kappa shape index (κ2) is 8.60. The number of amides is 1. The number of nitrogens with zero attached hydrogens (tertiary/aromatic N) is 4. The van der Waals surface area contributed by atoms with E-state index in [1.165, 1.54) is 12.4 Å². The van der Waals surface area contributed by atoms with Crippen LogP contribution in [-0.2, 0) is 10.0 Å². The van der Waals surface area contributed by atoms with Gasteiger partial charge < -0.3 is 5.32 Å². The molecule has 1 fully saturated rings. The van der Waals surface area contributed by atoms with Crippen LogP contribution in [0.1, 0.15) is 42.1 Å². The summed E-state index contributed by atoms with van der Waals surface area (Å²) in [6.07, 6.45) is 5.68. The third-order valence-electron chi connectivity index (χ3n) is 5.62. The molecular formula is C22H25N5O3S. The molecule has 8 nitrogen and oxygen atoms in total. The van der Waals surface area contributed by atoms with Gasteiger partial charge in [0.25, 0.3) is 5.91 Å². The number of anilines is 1. The lowest BCUT2D eigenvalue weighted by Crippen LogP contribution is -2.42. The zero-order chi connectivity index (χ0) is 22.0. The topological polar surface area (TPSA) is 97.2 Å². The summed E-state index contributed by atoms with van der Waals surface area (Å²) in [7, 11) is -3.67. The number of carbonyl (C=O) groups is 1. The highest BCUT2D eigenvalue weighted by atomic mass is 32.2. The van der Waals surface area contributed by atoms with Gasteiger partial charge in [-0.2, -0.15) is 9.40 Å². The van der Waals surface area contributed by atoms with Crippen LogP contribution in [0.4, 0.5) is 5.69 Å². The van der Waals surface area contributed by atoms with E-state index < -0.39 is 10.0 Å². The van der Waals surface area contributed by atoms with Gasteiger partial charge in [-0.25, -0.2) is 18.1 Å². The predicted octanol–water partition coefficient (Wildman–Crippen LogP) is 3.39. The summed E-state index contributed by atoms with van der Waals surface area (Å²) < 4.78 is 29.6. The van der Waals surface area contributed by atoms with Gasteiger partial charge in [-0.3, -0.25) is 4.79 Å². The van der Waals surface area contributed by atoms with Gasteiger partial charge in [-0.05, 0) is 56.5 Å². The Morgan fingerprint density at radius 1 is 1.16 bits per heavy atom. The van der Waals surface area contributed by atoms with Crippen LogP contribution < -0.4 is 5.32 Å². The van der Waals surface area contributed by atoms with Gasteiger partial charge in [0.2, 0.25) is 10.0 Å². The number of rotatable bonds is 5. The smallest absolute Gasteiger partial charge is 0.256 e. The number of aryl methyl sites for hydroxylation is 1. The Morgan fingerprint density at radius 3 is 2.71 bits per heavy atom. The molecule has 0 radical (unpaired) electrons. The maximum Gasteiger partial charge on any atom is 0.256 e. The van der Waals surface area contributed by atoms with Crippen molar-refractivity contribution in [3.63, 3.8) is 0 Å². The minimum atomic E-state index is -3.67. The maximum atomic E-state index is 13.2. The first-order chi connectivity index (χ1) is 14.9. The summed E-state index contributed by atoms with van der Waals surface area (Å²) in [5.41, 5.74) is 2.23. The summed E-state index contributed by atoms with van der Waals surface area (Å²) in [6.45, 7) is 4.22. The normalized spacial score (nSPS) is 17.4. The van der Waals surface area contributed by atoms with Crippen LogP contribution in [0.25, 0.3) is 5.69 Å². The van der Waals surface area contributed by atoms with Crippen molar-refractivity contribution in [1.82, 2.24) is 19.1 Å². The molecule has 4 rings (SSSR count). The fourth-order valence-corrected chi connectivity index (χ4v) is 5.60. The highest BCUT2D eigenvalue weighted by Gasteiger charge is 2.31. The van der Waals surface area contributed by atoms with E-state index in [0.29, 0.717) is 29.0 Å². The standard InChI is InChI=1S/C22H25N5O3S/c1-16-10-11-18(31(29,30)27-12-6-5-7-17(27)2)13-19(16)22(28)25-20-8-3-4-9-21(20)26-15-23-14-24-26/h3-4,8-11,13-15,17H,5-7,12H2,1-2H3,(H,25,28). The Labute approximate surface area is 182 Å². The molecule has 2 aromatic carbocycles. The lowest BCUT2D eigenvalue weighted by molar-refractivity contribution is 0.102. The van der Waals surface area contributed by atoms with E-state index in [0.717, 1.165) is 19.3 Å². The van der Waals surface area contributed by atoms with E-state index in [2.05, 4.69) is 15.4 Å². The van der Waals surface area contributed by atoms with Crippen LogP contribution in [0.15, 0.2) is 60.0 Å². The van der Waals surface area contributed by atoms with E-state index in [1.807, 2.05) is 25.1 Å². The van der Waals surface area contributed by atoms with E-state index in [-0.39, 0.29) is 16.8 Å². The fraction of sp³-hybridized carbons (Fsp3) is 0.318. The molecule has 1 unspecified atom stereocenters. The van der Waals surface area contributed by atoms with Crippen molar-refractivity contribution in [3.8, 4) is 5.69 Å². The number of hydrogen-bond donors (Lipinski definition) is 1. The average molecular weight is 440 g/mol. The summed E-state index contributed by atoms with van der Waals surface area (Å²) >= 11 is 0. The first-order valence-electron chi connectivity index (χ1n) is 10.3. The molecule has 2 heterocycles. The Hall–Kier alpha value is -3.04. The van der Waals surface area contributed by atoms with Crippen LogP contribution in [0, 0.1) is 6.92 Å². The second-order valence-electron chi connectivity index (χ2n) is 7.75. The third kappa shape index (κ3) is 4.24. The number of aromatic nitrogens is 3. The number of para-hydroxylation sites is 2. The van der Waals surface area contributed by atoms with Crippen molar-refractivity contribution >= 4 is 21.6 Å². The average Bonchev–Trinajstić information content (AvgIpc) is 3.29. The van der Waals surface area contributed by atoms with Gasteiger partial charge >= 0.3 is 0 Å². The first kappa shape index (κ1) is 21.2. The van der Waals surface area contributed by atoms with Crippen molar-refractivity contribution < 1.29 is 13.2 Å². The molecule has 31 heavy (non-hydrogen) atoms. The molecule has 0 spiro atoms. The molecule has 1 N–H and O–H groups in total. The Bertz CT molecular complexity index is 1190. The molecule has 162 valence electrons. The molecule has 9 heteroatoms. The zero-order valence-corrected chi connectivity index (χ0v) is 18.3. The highest BCUT2D eigenvalue weighted by molar-refractivity contribution is 7.89. The van der Waals surface area contributed by atoms with Crippen LogP contribution in [0.3, 0.4) is 0 Å². The number of benzene rings is 2. The van der Waals surface area contributed by atoms with Gasteiger partial charge in [0.1, 0.15) is 12.7 Å². The molecule has 0 aliphatic carbocycles. The van der Waals surface area contributed by atoms with Crippen LogP contribution in [0.5, 0.6) is 0 Å². The number of nitrogens with one attached hydrogen (secondary N) is 1. The molecule has 1 aliphatic rings. The lowest BCUT2D eigenvalue weighted by atomic mass is 10.1. The number of carbonyl (C=O) groups excluding carboxylic acids is 1. The summed E-state index contributed by atoms with van der Waals surface area (Å²) in [5, 5.41) is 7.01. The number of sulfonamides is 1. The molecule has 1 saturated heterocycles. The first-order valence-corrected chi connectivity index (χ1v) is 11.7. The molecule has 1 aromatic heterocycles. The van der Waals surface area contributed by atoms with Crippen molar-refractivity contribution in [2.45, 2.75) is 44.0 Å². The lowest BCUT2D eigenvalue weighted by Gasteiger charge is -2.32. The number of piperidine rings is 1. The SMILES string of the molecule is Cc1ccc(S(=O)(=O)N2CCCCC2C)cc1C(=O)Nc1ccccc1-n1cncn1. The monoisotopic (exact) mass is 439 g/mol. The predicted molar refractivity (Wildman–Crippen MR) is 118 cm³/mol. The molecule has 0 bridgehead atoms. The molecule has 0 saturated carbocycles. The largest absolute Gasteiger partial charge is 0.320 e. The van der Waals surface area contributed by atoms with E-state index in [9.17, 15) is 13.2 Å². The Kier molecular flexibility index (Phi) is 5.88. The summed E-state index contributed by atoms with van der Waals surface area (Å²) in [5.74, 6) is -0.381. The third-order valence-corrected chi connectivity index (χ3v) is 7.63. The summed E-state index contributed by atoms with van der Waals surface area (Å²) in [6, 6.07) is 11.9. The number of hydrogen-bond acceptors (Lipinski definition) is 5. The van der Waals surface area contributed by atoms with Crippen LogP contribution >= 0.6 is 0 Å². The highest BCUT2D eigenvalue weighted by Crippen LogP contribution is 2.27. The maximum absolute atomic E-state index is 13.2. The van der Waals surface area contributed by atoms with Crippen molar-refractivity contribution in [2.24, 2.45) is 0 Å². The van der Waals surface area contributed by atoms with Crippen LogP contribution in [0.2, 0.25) is 0 Å². The minimum Gasteiger partial charge on any atom is -0.320 e. The summed E-state index contributed by atoms with van der Waals surface area (Å²) in [4.78, 5) is 17.2. The van der Waals surface area contributed by atoms with E-state index in [4.69, 9.17) is 0 Å². The van der Waals surface area contributed by atoms with E-state index >= 15 is 0 Å². The molecule has 3 aromatic rings. The quantitative estimate of drug-likeness (QED) is 0.657. The van der Waals surface area contributed by atoms with Gasteiger partial charge in [0.05, 0.1) is 16.3 Å². The van der Waals surface area contributed by atoms with E-state index in [1.54, 1.807) is 40.4 Å². The Balaban J connectivity index is 1.65. The van der Waals surface area contributed by atoms with Gasteiger partial charge in [0.15, 0.2) is 0 Å². The minimum absolute atomic E-state index is 0.0492. The van der Waals surface area contributed by atoms with Gasteiger partial charge in [0, 0.05) is 18.2 Å².